The van der Waals surface area contributed by atoms with Crippen molar-refractivity contribution < 1.29 is 4.79 Å². The molecule has 1 fully saturated rings. The van der Waals surface area contributed by atoms with Crippen molar-refractivity contribution in [1.82, 2.24) is 25.1 Å². The van der Waals surface area contributed by atoms with E-state index in [1.807, 2.05) is 24.1 Å². The Bertz CT molecular complexity index is 630. The Morgan fingerprint density at radius 3 is 3.18 bits per heavy atom. The monoisotopic (exact) mass is 317 g/mol. The molecule has 1 aliphatic rings. The molecule has 0 radical (unpaired) electrons. The van der Waals surface area contributed by atoms with Crippen LogP contribution in [0.5, 0.6) is 0 Å². The Kier molecular flexibility index (Phi) is 4.72. The number of nitrogens with one attached hydrogen (secondary N) is 1. The van der Waals surface area contributed by atoms with E-state index in [1.165, 1.54) is 17.3 Å². The molecule has 0 aromatic carbocycles. The number of hydrogen-bond acceptors (Lipinski definition) is 5. The Hall–Kier alpha value is -1.89. The largest absolute Gasteiger partial charge is 0.342 e. The van der Waals surface area contributed by atoms with Gasteiger partial charge in [-0.2, -0.15) is 0 Å². The number of aromatic nitrogens is 4. The van der Waals surface area contributed by atoms with Crippen LogP contribution in [-0.4, -0.2) is 49.8 Å². The summed E-state index contributed by atoms with van der Waals surface area (Å²) in [6, 6.07) is 4.06. The van der Waals surface area contributed by atoms with Gasteiger partial charge in [0, 0.05) is 25.5 Å². The zero-order chi connectivity index (χ0) is 15.4. The SMILES string of the molecule is Cc1nc(SCC(=O)N2CCC(Cc3cccnc3)C2)n[nH]1. The van der Waals surface area contributed by atoms with E-state index in [2.05, 4.69) is 26.2 Å². The summed E-state index contributed by atoms with van der Waals surface area (Å²) in [5.74, 6) is 1.87. The van der Waals surface area contributed by atoms with Crippen molar-refractivity contribution in [2.75, 3.05) is 18.8 Å². The number of carbonyl (C=O) groups excluding carboxylic acids is 1. The van der Waals surface area contributed by atoms with Crippen LogP contribution < -0.4 is 0 Å². The van der Waals surface area contributed by atoms with Gasteiger partial charge in [-0.1, -0.05) is 17.8 Å². The van der Waals surface area contributed by atoms with Gasteiger partial charge in [0.15, 0.2) is 0 Å². The average Bonchev–Trinajstić information content (AvgIpc) is 3.15. The summed E-state index contributed by atoms with van der Waals surface area (Å²) >= 11 is 1.39. The van der Waals surface area contributed by atoms with Crippen molar-refractivity contribution in [3.63, 3.8) is 0 Å². The Morgan fingerprint density at radius 1 is 1.55 bits per heavy atom. The second-order valence-electron chi connectivity index (χ2n) is 5.55. The lowest BCUT2D eigenvalue weighted by molar-refractivity contribution is -0.127. The molecule has 0 saturated carbocycles. The molecular formula is C15H19N5OS. The fourth-order valence-electron chi connectivity index (χ4n) is 2.68. The summed E-state index contributed by atoms with van der Waals surface area (Å²) < 4.78 is 0. The van der Waals surface area contributed by atoms with Gasteiger partial charge in [0.1, 0.15) is 5.82 Å². The van der Waals surface area contributed by atoms with Crippen LogP contribution in [0.3, 0.4) is 0 Å². The second-order valence-corrected chi connectivity index (χ2v) is 6.49. The fourth-order valence-corrected chi connectivity index (χ4v) is 3.43. The van der Waals surface area contributed by atoms with Crippen LogP contribution in [0.4, 0.5) is 0 Å². The summed E-state index contributed by atoms with van der Waals surface area (Å²) in [7, 11) is 0. The molecule has 0 spiro atoms. The fraction of sp³-hybridized carbons (Fsp3) is 0.467. The third-order valence-corrected chi connectivity index (χ3v) is 4.62. The highest BCUT2D eigenvalue weighted by molar-refractivity contribution is 7.99. The predicted molar refractivity (Wildman–Crippen MR) is 84.5 cm³/mol. The Morgan fingerprint density at radius 2 is 2.45 bits per heavy atom. The van der Waals surface area contributed by atoms with Crippen molar-refractivity contribution in [2.45, 2.75) is 24.9 Å². The van der Waals surface area contributed by atoms with Crippen molar-refractivity contribution >= 4 is 17.7 Å². The van der Waals surface area contributed by atoms with E-state index in [0.717, 1.165) is 31.8 Å². The van der Waals surface area contributed by atoms with Gasteiger partial charge in [-0.3, -0.25) is 14.9 Å². The third kappa shape index (κ3) is 3.85. The van der Waals surface area contributed by atoms with Gasteiger partial charge in [-0.15, -0.1) is 5.10 Å². The molecule has 2 aromatic rings. The Balaban J connectivity index is 1.46. The first-order valence-corrected chi connectivity index (χ1v) is 8.38. The second kappa shape index (κ2) is 6.91. The van der Waals surface area contributed by atoms with Crippen molar-refractivity contribution in [1.29, 1.82) is 0 Å². The smallest absolute Gasteiger partial charge is 0.233 e. The molecule has 3 heterocycles. The van der Waals surface area contributed by atoms with E-state index >= 15 is 0 Å². The molecule has 1 atom stereocenters. The summed E-state index contributed by atoms with van der Waals surface area (Å²) in [5.41, 5.74) is 1.24. The van der Waals surface area contributed by atoms with Gasteiger partial charge < -0.3 is 4.90 Å². The summed E-state index contributed by atoms with van der Waals surface area (Å²) in [5, 5.41) is 7.45. The standard InChI is InChI=1S/C15H19N5OS/c1-11-17-15(19-18-11)22-10-14(21)20-6-4-13(9-20)7-12-3-2-5-16-8-12/h2-3,5,8,13H,4,6-7,9-10H2,1H3,(H,17,18,19). The molecule has 1 aliphatic heterocycles. The lowest BCUT2D eigenvalue weighted by Crippen LogP contribution is -2.30. The maximum atomic E-state index is 12.3. The van der Waals surface area contributed by atoms with E-state index in [-0.39, 0.29) is 5.91 Å². The molecule has 3 rings (SSSR count). The summed E-state index contributed by atoms with van der Waals surface area (Å²) in [6.45, 7) is 3.53. The molecule has 1 saturated heterocycles. The topological polar surface area (TPSA) is 74.8 Å². The molecule has 0 bridgehead atoms. The number of H-pyrrole nitrogens is 1. The number of thioether (sulfide) groups is 1. The quantitative estimate of drug-likeness (QED) is 0.850. The van der Waals surface area contributed by atoms with Gasteiger partial charge in [-0.05, 0) is 37.3 Å². The normalized spacial score (nSPS) is 17.9. The number of likely N-dealkylation sites (tertiary alicyclic amines) is 1. The highest BCUT2D eigenvalue weighted by Gasteiger charge is 2.26. The van der Waals surface area contributed by atoms with Crippen LogP contribution in [0.2, 0.25) is 0 Å². The number of aryl methyl sites for hydroxylation is 1. The molecule has 1 amide bonds. The van der Waals surface area contributed by atoms with E-state index in [4.69, 9.17) is 0 Å². The highest BCUT2D eigenvalue weighted by Crippen LogP contribution is 2.22. The first kappa shape index (κ1) is 15.0. The van der Waals surface area contributed by atoms with E-state index < -0.39 is 0 Å². The summed E-state index contributed by atoms with van der Waals surface area (Å²) in [4.78, 5) is 22.5. The highest BCUT2D eigenvalue weighted by atomic mass is 32.2. The average molecular weight is 317 g/mol. The van der Waals surface area contributed by atoms with Crippen LogP contribution in [0, 0.1) is 12.8 Å². The number of hydrogen-bond donors (Lipinski definition) is 1. The first-order chi connectivity index (χ1) is 10.7. The minimum atomic E-state index is 0.168. The van der Waals surface area contributed by atoms with Gasteiger partial charge >= 0.3 is 0 Å². The summed E-state index contributed by atoms with van der Waals surface area (Å²) in [6.07, 6.45) is 5.75. The number of amides is 1. The minimum absolute atomic E-state index is 0.168. The van der Waals surface area contributed by atoms with Crippen molar-refractivity contribution in [2.24, 2.45) is 5.92 Å². The molecule has 2 aromatic heterocycles. The number of nitrogens with zero attached hydrogens (tertiary/aromatic N) is 4. The number of aromatic amines is 1. The number of pyridine rings is 1. The van der Waals surface area contributed by atoms with E-state index in [1.54, 1.807) is 6.20 Å². The lowest BCUT2D eigenvalue weighted by atomic mass is 10.0. The Labute approximate surface area is 133 Å². The molecule has 116 valence electrons. The number of carbonyl (C=O) groups is 1. The van der Waals surface area contributed by atoms with Crippen molar-refractivity contribution in [3.8, 4) is 0 Å². The third-order valence-electron chi connectivity index (χ3n) is 3.79. The van der Waals surface area contributed by atoms with Crippen LogP contribution in [-0.2, 0) is 11.2 Å². The molecule has 6 nitrogen and oxygen atoms in total. The van der Waals surface area contributed by atoms with Crippen molar-refractivity contribution in [3.05, 3.63) is 35.9 Å². The molecule has 22 heavy (non-hydrogen) atoms. The van der Waals surface area contributed by atoms with Gasteiger partial charge in [0.05, 0.1) is 5.75 Å². The van der Waals surface area contributed by atoms with E-state index in [0.29, 0.717) is 16.8 Å². The molecule has 1 N–H and O–H groups in total. The minimum Gasteiger partial charge on any atom is -0.342 e. The van der Waals surface area contributed by atoms with Crippen LogP contribution in [0.15, 0.2) is 29.7 Å². The van der Waals surface area contributed by atoms with Gasteiger partial charge in [0.25, 0.3) is 0 Å². The lowest BCUT2D eigenvalue weighted by Gasteiger charge is -2.16. The van der Waals surface area contributed by atoms with E-state index in [9.17, 15) is 4.79 Å². The van der Waals surface area contributed by atoms with Gasteiger partial charge in [-0.25, -0.2) is 4.98 Å². The molecule has 0 aliphatic carbocycles. The zero-order valence-electron chi connectivity index (χ0n) is 12.5. The van der Waals surface area contributed by atoms with Crippen LogP contribution in [0.25, 0.3) is 0 Å². The molecular weight excluding hydrogens is 298 g/mol. The first-order valence-electron chi connectivity index (χ1n) is 7.39. The predicted octanol–water partition coefficient (Wildman–Crippen LogP) is 1.69. The maximum Gasteiger partial charge on any atom is 0.233 e. The molecule has 1 unspecified atom stereocenters. The van der Waals surface area contributed by atoms with Crippen LogP contribution in [0.1, 0.15) is 17.8 Å². The zero-order valence-corrected chi connectivity index (χ0v) is 13.3. The van der Waals surface area contributed by atoms with Crippen LogP contribution >= 0.6 is 11.8 Å². The number of rotatable bonds is 5. The molecule has 7 heteroatoms. The van der Waals surface area contributed by atoms with Gasteiger partial charge in [0.2, 0.25) is 11.1 Å². The maximum absolute atomic E-state index is 12.3.